The topological polar surface area (TPSA) is 71.1 Å². The van der Waals surface area contributed by atoms with Crippen molar-refractivity contribution in [2.24, 2.45) is 5.92 Å². The van der Waals surface area contributed by atoms with E-state index in [1.54, 1.807) is 37.3 Å². The van der Waals surface area contributed by atoms with E-state index in [9.17, 15) is 14.0 Å². The highest BCUT2D eigenvalue weighted by Crippen LogP contribution is 2.27. The van der Waals surface area contributed by atoms with Crippen LogP contribution in [0, 0.1) is 11.7 Å². The maximum atomic E-state index is 13.5. The highest BCUT2D eigenvalue weighted by molar-refractivity contribution is 6.05. The zero-order valence-electron chi connectivity index (χ0n) is 21.2. The van der Waals surface area contributed by atoms with Gasteiger partial charge in [-0.2, -0.15) is 0 Å². The number of nitrogens with one attached hydrogen (secondary N) is 1. The van der Waals surface area contributed by atoms with Crippen LogP contribution in [0.3, 0.4) is 0 Å². The summed E-state index contributed by atoms with van der Waals surface area (Å²) in [5.41, 5.74) is 0.967. The SMILES string of the molecule is CCCN1C[C@@H](C)[C@@H](OC)CN(C)C(=O)c2cc(NC(=O)c3cccc(F)c3)ccc2OC[C@H]1C. The lowest BCUT2D eigenvalue weighted by atomic mass is 10.0. The van der Waals surface area contributed by atoms with E-state index in [0.29, 0.717) is 30.2 Å². The molecule has 0 saturated heterocycles. The summed E-state index contributed by atoms with van der Waals surface area (Å²) >= 11 is 0. The van der Waals surface area contributed by atoms with Crippen molar-refractivity contribution >= 4 is 17.5 Å². The zero-order valence-corrected chi connectivity index (χ0v) is 21.2. The van der Waals surface area contributed by atoms with Crippen molar-refractivity contribution in [3.8, 4) is 5.75 Å². The number of benzene rings is 2. The molecule has 1 aliphatic heterocycles. The number of hydrogen-bond acceptors (Lipinski definition) is 5. The maximum Gasteiger partial charge on any atom is 0.257 e. The minimum Gasteiger partial charge on any atom is -0.491 e. The molecular weight excluding hydrogens is 449 g/mol. The molecule has 1 heterocycles. The maximum absolute atomic E-state index is 13.5. The number of rotatable bonds is 5. The normalized spacial score (nSPS) is 21.9. The zero-order chi connectivity index (χ0) is 25.5. The number of methoxy groups -OCH3 is 1. The second kappa shape index (κ2) is 12.1. The fourth-order valence-corrected chi connectivity index (χ4v) is 4.36. The Labute approximate surface area is 207 Å². The van der Waals surface area contributed by atoms with Gasteiger partial charge in [-0.15, -0.1) is 0 Å². The van der Waals surface area contributed by atoms with E-state index < -0.39 is 11.7 Å². The van der Waals surface area contributed by atoms with E-state index in [2.05, 4.69) is 31.0 Å². The van der Waals surface area contributed by atoms with Crippen LogP contribution < -0.4 is 10.1 Å². The van der Waals surface area contributed by atoms with E-state index >= 15 is 0 Å². The monoisotopic (exact) mass is 485 g/mol. The third-order valence-corrected chi connectivity index (χ3v) is 6.43. The molecule has 2 aromatic rings. The van der Waals surface area contributed by atoms with Crippen molar-refractivity contribution in [1.29, 1.82) is 0 Å². The Morgan fingerprint density at radius 1 is 1.20 bits per heavy atom. The highest BCUT2D eigenvalue weighted by Gasteiger charge is 2.28. The Bertz CT molecular complexity index is 1030. The van der Waals surface area contributed by atoms with Gasteiger partial charge in [-0.05, 0) is 62.2 Å². The number of hydrogen-bond donors (Lipinski definition) is 1. The number of carbonyl (C=O) groups excluding carboxylic acids is 2. The van der Waals surface area contributed by atoms with Crippen LogP contribution in [0.5, 0.6) is 5.75 Å². The van der Waals surface area contributed by atoms with Gasteiger partial charge in [0.1, 0.15) is 18.2 Å². The summed E-state index contributed by atoms with van der Waals surface area (Å²) in [4.78, 5) is 30.1. The van der Waals surface area contributed by atoms with Crippen LogP contribution in [0.4, 0.5) is 10.1 Å². The molecule has 3 atom stereocenters. The molecule has 190 valence electrons. The van der Waals surface area contributed by atoms with E-state index in [-0.39, 0.29) is 29.5 Å². The average Bonchev–Trinajstić information content (AvgIpc) is 2.84. The molecule has 0 spiro atoms. The number of likely N-dealkylation sites (N-methyl/N-ethyl adjacent to an activating group) is 1. The standard InChI is InChI=1S/C27H36FN3O4/c1-6-12-31-15-18(2)25(34-5)16-30(4)27(33)23-14-22(10-11-24(23)35-17-19(31)3)29-26(32)20-8-7-9-21(28)13-20/h7-11,13-14,18-19,25H,6,12,15-17H2,1-5H3,(H,29,32)/t18-,19-,25+/m1/s1. The van der Waals surface area contributed by atoms with Crippen molar-refractivity contribution in [3.63, 3.8) is 0 Å². The van der Waals surface area contributed by atoms with E-state index in [1.807, 2.05) is 0 Å². The van der Waals surface area contributed by atoms with Crippen LogP contribution in [0.15, 0.2) is 42.5 Å². The molecule has 0 radical (unpaired) electrons. The van der Waals surface area contributed by atoms with Gasteiger partial charge in [-0.1, -0.05) is 19.9 Å². The summed E-state index contributed by atoms with van der Waals surface area (Å²) in [7, 11) is 3.41. The van der Waals surface area contributed by atoms with Gasteiger partial charge < -0.3 is 19.7 Å². The van der Waals surface area contributed by atoms with E-state index in [4.69, 9.17) is 9.47 Å². The van der Waals surface area contributed by atoms with E-state index in [1.165, 1.54) is 24.3 Å². The molecule has 7 nitrogen and oxygen atoms in total. The summed E-state index contributed by atoms with van der Waals surface area (Å²) in [5, 5.41) is 2.75. The molecule has 2 amide bonds. The average molecular weight is 486 g/mol. The van der Waals surface area contributed by atoms with Gasteiger partial charge >= 0.3 is 0 Å². The molecule has 0 aromatic heterocycles. The molecule has 0 unspecified atom stereocenters. The summed E-state index contributed by atoms with van der Waals surface area (Å²) in [5.74, 6) is -0.517. The molecule has 0 fully saturated rings. The number of nitrogens with zero attached hydrogens (tertiary/aromatic N) is 2. The van der Waals surface area contributed by atoms with Gasteiger partial charge in [0, 0.05) is 44.5 Å². The summed E-state index contributed by atoms with van der Waals surface area (Å²) < 4.78 is 25.4. The second-order valence-electron chi connectivity index (χ2n) is 9.27. The van der Waals surface area contributed by atoms with Gasteiger partial charge in [-0.3, -0.25) is 14.5 Å². The van der Waals surface area contributed by atoms with Crippen LogP contribution in [0.1, 0.15) is 47.9 Å². The first-order valence-electron chi connectivity index (χ1n) is 12.1. The molecule has 0 bridgehead atoms. The minimum atomic E-state index is -0.492. The predicted octanol–water partition coefficient (Wildman–Crippen LogP) is 4.29. The first kappa shape index (κ1) is 26.6. The van der Waals surface area contributed by atoms with E-state index in [0.717, 1.165) is 19.5 Å². The van der Waals surface area contributed by atoms with Crippen molar-refractivity contribution < 1.29 is 23.5 Å². The Balaban J connectivity index is 1.92. The fourth-order valence-electron chi connectivity index (χ4n) is 4.36. The quantitative estimate of drug-likeness (QED) is 0.684. The third-order valence-electron chi connectivity index (χ3n) is 6.43. The van der Waals surface area contributed by atoms with Crippen molar-refractivity contribution in [3.05, 3.63) is 59.4 Å². The summed E-state index contributed by atoms with van der Waals surface area (Å²) in [6, 6.07) is 10.6. The Morgan fingerprint density at radius 3 is 2.66 bits per heavy atom. The molecular formula is C27H36FN3O4. The molecule has 2 aromatic carbocycles. The van der Waals surface area contributed by atoms with Crippen LogP contribution in [0.25, 0.3) is 0 Å². The Kier molecular flexibility index (Phi) is 9.23. The first-order chi connectivity index (χ1) is 16.7. The number of anilines is 1. The lowest BCUT2D eigenvalue weighted by molar-refractivity contribution is 0.0108. The van der Waals surface area contributed by atoms with Gasteiger partial charge in [-0.25, -0.2) is 4.39 Å². The number of carbonyl (C=O) groups is 2. The molecule has 1 aliphatic rings. The fraction of sp³-hybridized carbons (Fsp3) is 0.481. The number of halogens is 1. The van der Waals surface area contributed by atoms with Crippen LogP contribution >= 0.6 is 0 Å². The van der Waals surface area contributed by atoms with Crippen LogP contribution in [-0.2, 0) is 4.74 Å². The summed E-state index contributed by atoms with van der Waals surface area (Å²) in [6.45, 7) is 9.05. The second-order valence-corrected chi connectivity index (χ2v) is 9.27. The lowest BCUT2D eigenvalue weighted by Crippen LogP contribution is -2.46. The Morgan fingerprint density at radius 2 is 1.97 bits per heavy atom. The molecule has 1 N–H and O–H groups in total. The molecule has 0 aliphatic carbocycles. The Hall–Kier alpha value is -2.97. The third kappa shape index (κ3) is 6.80. The molecule has 8 heteroatoms. The lowest BCUT2D eigenvalue weighted by Gasteiger charge is -2.35. The number of ether oxygens (including phenoxy) is 2. The molecule has 0 saturated carbocycles. The smallest absolute Gasteiger partial charge is 0.257 e. The molecule has 3 rings (SSSR count). The van der Waals surface area contributed by atoms with Crippen molar-refractivity contribution in [1.82, 2.24) is 9.80 Å². The minimum absolute atomic E-state index is 0.129. The van der Waals surface area contributed by atoms with Crippen molar-refractivity contribution in [2.75, 3.05) is 45.7 Å². The van der Waals surface area contributed by atoms with Gasteiger partial charge in [0.2, 0.25) is 0 Å². The van der Waals surface area contributed by atoms with Gasteiger partial charge in [0.15, 0.2) is 0 Å². The summed E-state index contributed by atoms with van der Waals surface area (Å²) in [6.07, 6.45) is 0.896. The predicted molar refractivity (Wildman–Crippen MR) is 135 cm³/mol. The van der Waals surface area contributed by atoms with Crippen LogP contribution in [0.2, 0.25) is 0 Å². The van der Waals surface area contributed by atoms with Crippen LogP contribution in [-0.4, -0.2) is 74.2 Å². The number of fused-ring (bicyclic) bond motifs is 1. The molecule has 35 heavy (non-hydrogen) atoms. The van der Waals surface area contributed by atoms with Gasteiger partial charge in [0.25, 0.3) is 11.8 Å². The van der Waals surface area contributed by atoms with Gasteiger partial charge in [0.05, 0.1) is 11.7 Å². The largest absolute Gasteiger partial charge is 0.491 e. The van der Waals surface area contributed by atoms with Crippen molar-refractivity contribution in [2.45, 2.75) is 39.3 Å². The first-order valence-corrected chi connectivity index (χ1v) is 12.1. The highest BCUT2D eigenvalue weighted by atomic mass is 19.1. The number of amides is 2.